The molecule has 1 unspecified atom stereocenters. The highest BCUT2D eigenvalue weighted by Crippen LogP contribution is 2.65. The molecule has 1 aliphatic rings. The van der Waals surface area contributed by atoms with Gasteiger partial charge < -0.3 is 5.11 Å². The third kappa shape index (κ3) is 1.52. The minimum Gasteiger partial charge on any atom is -0.480 e. The number of rotatable bonds is 2. The summed E-state index contributed by atoms with van der Waals surface area (Å²) in [4.78, 5) is 11.4. The number of aryl methyl sites for hydroxylation is 2. The van der Waals surface area contributed by atoms with E-state index in [0.717, 1.165) is 11.1 Å². The zero-order valence-corrected chi connectivity index (χ0v) is 10.6. The highest BCUT2D eigenvalue weighted by atomic mass is 35.5. The number of aliphatic carboxylic acids is 1. The third-order valence-corrected chi connectivity index (χ3v) is 3.98. The smallest absolute Gasteiger partial charge is 0.317 e. The van der Waals surface area contributed by atoms with Crippen molar-refractivity contribution >= 4 is 29.2 Å². The fourth-order valence-corrected chi connectivity index (χ4v) is 2.96. The average Bonchev–Trinajstić information content (AvgIpc) is 2.69. The van der Waals surface area contributed by atoms with Gasteiger partial charge in [0.1, 0.15) is 9.75 Å². The van der Waals surface area contributed by atoms with E-state index in [0.29, 0.717) is 5.56 Å². The molecule has 1 N–H and O–H groups in total. The van der Waals surface area contributed by atoms with E-state index in [-0.39, 0.29) is 6.42 Å². The number of hydrogen-bond acceptors (Lipinski definition) is 1. The molecule has 0 amide bonds. The van der Waals surface area contributed by atoms with Gasteiger partial charge >= 0.3 is 5.97 Å². The van der Waals surface area contributed by atoms with Crippen LogP contribution in [0.15, 0.2) is 18.2 Å². The summed E-state index contributed by atoms with van der Waals surface area (Å²) in [6.45, 7) is 3.86. The van der Waals surface area contributed by atoms with Gasteiger partial charge in [0.15, 0.2) is 0 Å². The molecular formula is C12H12Cl2O2. The molecular weight excluding hydrogens is 247 g/mol. The molecule has 1 fully saturated rings. The summed E-state index contributed by atoms with van der Waals surface area (Å²) >= 11 is 12.0. The molecule has 16 heavy (non-hydrogen) atoms. The molecule has 0 saturated heterocycles. The summed E-state index contributed by atoms with van der Waals surface area (Å²) in [5.74, 6) is -0.956. The second kappa shape index (κ2) is 3.38. The van der Waals surface area contributed by atoms with Crippen molar-refractivity contribution in [2.75, 3.05) is 0 Å². The highest BCUT2D eigenvalue weighted by molar-refractivity contribution is 6.54. The van der Waals surface area contributed by atoms with Crippen molar-refractivity contribution in [3.05, 3.63) is 34.9 Å². The molecule has 1 aliphatic carbocycles. The van der Waals surface area contributed by atoms with Crippen LogP contribution in [0.25, 0.3) is 0 Å². The van der Waals surface area contributed by atoms with E-state index in [1.165, 1.54) is 0 Å². The van der Waals surface area contributed by atoms with Crippen molar-refractivity contribution in [3.63, 3.8) is 0 Å². The van der Waals surface area contributed by atoms with Crippen LogP contribution in [-0.2, 0) is 10.2 Å². The van der Waals surface area contributed by atoms with E-state index in [4.69, 9.17) is 23.2 Å². The largest absolute Gasteiger partial charge is 0.480 e. The Morgan fingerprint density at radius 2 is 1.69 bits per heavy atom. The predicted molar refractivity (Wildman–Crippen MR) is 64.3 cm³/mol. The molecule has 1 aromatic carbocycles. The van der Waals surface area contributed by atoms with Crippen LogP contribution in [0, 0.1) is 13.8 Å². The maximum absolute atomic E-state index is 11.4. The molecule has 2 rings (SSSR count). The molecule has 86 valence electrons. The Kier molecular flexibility index (Phi) is 2.48. The Morgan fingerprint density at radius 3 is 2.00 bits per heavy atom. The lowest BCUT2D eigenvalue weighted by atomic mass is 9.93. The highest BCUT2D eigenvalue weighted by Gasteiger charge is 2.72. The number of carboxylic acids is 1. The normalized spacial score (nSPS) is 26.5. The molecule has 0 heterocycles. The van der Waals surface area contributed by atoms with E-state index >= 15 is 0 Å². The minimum atomic E-state index is -1.18. The lowest BCUT2D eigenvalue weighted by Crippen LogP contribution is -2.26. The summed E-state index contributed by atoms with van der Waals surface area (Å²) in [6.07, 6.45) is 0.265. The first-order valence-corrected chi connectivity index (χ1v) is 5.75. The van der Waals surface area contributed by atoms with Crippen LogP contribution in [0.5, 0.6) is 0 Å². The Hall–Kier alpha value is -0.730. The van der Waals surface area contributed by atoms with Crippen LogP contribution < -0.4 is 0 Å². The monoisotopic (exact) mass is 258 g/mol. The Morgan fingerprint density at radius 1 is 1.25 bits per heavy atom. The Bertz CT molecular complexity index is 448. The molecule has 0 aliphatic heterocycles. The van der Waals surface area contributed by atoms with Crippen molar-refractivity contribution in [2.24, 2.45) is 0 Å². The number of alkyl halides is 2. The molecule has 1 atom stereocenters. The van der Waals surface area contributed by atoms with Crippen molar-refractivity contribution in [1.82, 2.24) is 0 Å². The van der Waals surface area contributed by atoms with E-state index in [1.807, 2.05) is 32.0 Å². The molecule has 0 spiro atoms. The molecule has 0 bridgehead atoms. The quantitative estimate of drug-likeness (QED) is 0.828. The molecule has 0 radical (unpaired) electrons. The summed E-state index contributed by atoms with van der Waals surface area (Å²) in [5.41, 5.74) is 1.60. The zero-order valence-electron chi connectivity index (χ0n) is 9.05. The average molecular weight is 259 g/mol. The Labute approximate surface area is 104 Å². The van der Waals surface area contributed by atoms with Gasteiger partial charge in [0.25, 0.3) is 0 Å². The summed E-state index contributed by atoms with van der Waals surface area (Å²) in [6, 6.07) is 5.67. The SMILES string of the molecule is Cc1cc(C)cc(C2(C(=O)O)CC2(Cl)Cl)c1. The first kappa shape index (κ1) is 11.7. The second-order valence-electron chi connectivity index (χ2n) is 4.47. The van der Waals surface area contributed by atoms with Crippen LogP contribution in [-0.4, -0.2) is 15.4 Å². The van der Waals surface area contributed by atoms with Crippen molar-refractivity contribution < 1.29 is 9.90 Å². The molecule has 4 heteroatoms. The van der Waals surface area contributed by atoms with E-state index in [9.17, 15) is 9.90 Å². The molecule has 1 saturated carbocycles. The molecule has 2 nitrogen and oxygen atoms in total. The van der Waals surface area contributed by atoms with Gasteiger partial charge in [0.2, 0.25) is 0 Å². The minimum absolute atomic E-state index is 0.265. The number of carboxylic acid groups (broad SMARTS) is 1. The van der Waals surface area contributed by atoms with Crippen LogP contribution in [0.4, 0.5) is 0 Å². The van der Waals surface area contributed by atoms with Gasteiger partial charge in [0.05, 0.1) is 0 Å². The Balaban J connectivity index is 2.55. The van der Waals surface area contributed by atoms with Crippen molar-refractivity contribution in [2.45, 2.75) is 30.0 Å². The van der Waals surface area contributed by atoms with Gasteiger partial charge in [-0.3, -0.25) is 4.79 Å². The maximum atomic E-state index is 11.4. The first-order chi connectivity index (χ1) is 7.29. The van der Waals surface area contributed by atoms with E-state index < -0.39 is 15.7 Å². The number of halogens is 2. The van der Waals surface area contributed by atoms with E-state index in [1.54, 1.807) is 0 Å². The van der Waals surface area contributed by atoms with Gasteiger partial charge in [0, 0.05) is 6.42 Å². The lowest BCUT2D eigenvalue weighted by molar-refractivity contribution is -0.140. The van der Waals surface area contributed by atoms with Crippen molar-refractivity contribution in [3.8, 4) is 0 Å². The topological polar surface area (TPSA) is 37.3 Å². The van der Waals surface area contributed by atoms with Gasteiger partial charge in [-0.1, -0.05) is 52.5 Å². The summed E-state index contributed by atoms with van der Waals surface area (Å²) < 4.78 is -1.18. The number of benzene rings is 1. The van der Waals surface area contributed by atoms with Gasteiger partial charge in [-0.15, -0.1) is 0 Å². The standard InChI is InChI=1S/C12H12Cl2O2/c1-7-3-8(2)5-9(4-7)11(10(15)16)6-12(11,13)14/h3-5H,6H2,1-2H3,(H,15,16). The fourth-order valence-electron chi connectivity index (χ4n) is 2.18. The first-order valence-electron chi connectivity index (χ1n) is 4.99. The van der Waals surface area contributed by atoms with Gasteiger partial charge in [-0.2, -0.15) is 0 Å². The van der Waals surface area contributed by atoms with Crippen LogP contribution in [0.2, 0.25) is 0 Å². The fraction of sp³-hybridized carbons (Fsp3) is 0.417. The number of carbonyl (C=O) groups is 1. The predicted octanol–water partition coefficient (Wildman–Crippen LogP) is 3.20. The number of hydrogen-bond donors (Lipinski definition) is 1. The van der Waals surface area contributed by atoms with Crippen LogP contribution in [0.1, 0.15) is 23.1 Å². The van der Waals surface area contributed by atoms with Crippen LogP contribution in [0.3, 0.4) is 0 Å². The van der Waals surface area contributed by atoms with Gasteiger partial charge in [-0.05, 0) is 19.4 Å². The van der Waals surface area contributed by atoms with Gasteiger partial charge in [-0.25, -0.2) is 0 Å². The van der Waals surface area contributed by atoms with Crippen molar-refractivity contribution in [1.29, 1.82) is 0 Å². The lowest BCUT2D eigenvalue weighted by Gasteiger charge is -2.15. The van der Waals surface area contributed by atoms with Crippen LogP contribution >= 0.6 is 23.2 Å². The zero-order chi connectivity index (χ0) is 12.1. The second-order valence-corrected chi connectivity index (χ2v) is 5.95. The third-order valence-electron chi connectivity index (χ3n) is 3.07. The summed E-state index contributed by atoms with van der Waals surface area (Å²) in [7, 11) is 0. The molecule has 1 aromatic rings. The van der Waals surface area contributed by atoms with E-state index in [2.05, 4.69) is 0 Å². The maximum Gasteiger partial charge on any atom is 0.317 e. The summed E-state index contributed by atoms with van der Waals surface area (Å²) in [5, 5.41) is 9.31. The molecule has 0 aromatic heterocycles.